The number of nitrogens with zero attached hydrogens (tertiary/aromatic N) is 4. The fourth-order valence-corrected chi connectivity index (χ4v) is 3.35. The van der Waals surface area contributed by atoms with E-state index in [2.05, 4.69) is 15.2 Å². The quantitative estimate of drug-likeness (QED) is 0.442. The highest BCUT2D eigenvalue weighted by Crippen LogP contribution is 2.20. The van der Waals surface area contributed by atoms with Crippen LogP contribution in [0.1, 0.15) is 11.7 Å². The van der Waals surface area contributed by atoms with Gasteiger partial charge < -0.3 is 13.7 Å². The molecule has 0 spiro atoms. The molecule has 142 valence electrons. The van der Waals surface area contributed by atoms with E-state index in [4.69, 9.17) is 9.15 Å². The molecule has 0 aliphatic carbocycles. The summed E-state index contributed by atoms with van der Waals surface area (Å²) >= 11 is 1.65. The Kier molecular flexibility index (Phi) is 5.38. The lowest BCUT2D eigenvalue weighted by molar-refractivity contribution is -0.146. The molecular formula is C20H18N4O3S. The lowest BCUT2D eigenvalue weighted by Crippen LogP contribution is -2.15. The summed E-state index contributed by atoms with van der Waals surface area (Å²) in [4.78, 5) is 17.0. The van der Waals surface area contributed by atoms with Crippen LogP contribution in [-0.4, -0.2) is 32.0 Å². The van der Waals surface area contributed by atoms with Crippen LogP contribution in [0.2, 0.25) is 0 Å². The molecule has 0 radical (unpaired) electrons. The number of carbonyl (C=O) groups excluding carboxylic acids is 1. The Hall–Kier alpha value is -3.13. The third-order valence-electron chi connectivity index (χ3n) is 4.14. The fraction of sp³-hybridized carbons (Fsp3) is 0.200. The molecule has 0 saturated carbocycles. The summed E-state index contributed by atoms with van der Waals surface area (Å²) in [6.45, 7) is 0.0131. The van der Waals surface area contributed by atoms with E-state index in [0.717, 1.165) is 22.4 Å². The van der Waals surface area contributed by atoms with Crippen molar-refractivity contribution in [2.45, 2.75) is 18.9 Å². The van der Waals surface area contributed by atoms with Gasteiger partial charge in [-0.05, 0) is 30.5 Å². The predicted octanol–water partition coefficient (Wildman–Crippen LogP) is 3.69. The number of thioether (sulfide) groups is 1. The zero-order valence-corrected chi connectivity index (χ0v) is 16.1. The van der Waals surface area contributed by atoms with Crippen LogP contribution in [0.3, 0.4) is 0 Å². The van der Waals surface area contributed by atoms with Gasteiger partial charge in [0.1, 0.15) is 12.4 Å². The van der Waals surface area contributed by atoms with Crippen molar-refractivity contribution in [2.75, 3.05) is 6.26 Å². The lowest BCUT2D eigenvalue weighted by atomic mass is 10.2. The fourth-order valence-electron chi connectivity index (χ4n) is 2.87. The molecule has 0 bridgehead atoms. The van der Waals surface area contributed by atoms with Gasteiger partial charge in [0.25, 0.3) is 5.89 Å². The molecule has 0 saturated heterocycles. The van der Waals surface area contributed by atoms with Crippen molar-refractivity contribution < 1.29 is 13.9 Å². The molecule has 0 aliphatic rings. The Morgan fingerprint density at radius 3 is 2.71 bits per heavy atom. The Labute approximate surface area is 165 Å². The summed E-state index contributed by atoms with van der Waals surface area (Å²) in [5, 5.41) is 7.94. The highest BCUT2D eigenvalue weighted by molar-refractivity contribution is 7.97. The molecular weight excluding hydrogens is 376 g/mol. The number of imidazole rings is 1. The minimum Gasteiger partial charge on any atom is -0.454 e. The molecule has 0 aliphatic heterocycles. The number of fused-ring (bicyclic) bond motifs is 1. The van der Waals surface area contributed by atoms with Crippen LogP contribution < -0.4 is 0 Å². The second kappa shape index (κ2) is 8.26. The van der Waals surface area contributed by atoms with Crippen LogP contribution in [0, 0.1) is 0 Å². The van der Waals surface area contributed by atoms with Crippen molar-refractivity contribution >= 4 is 28.8 Å². The van der Waals surface area contributed by atoms with E-state index >= 15 is 0 Å². The maximum Gasteiger partial charge on any atom is 0.326 e. The molecule has 0 atom stereocenters. The van der Waals surface area contributed by atoms with E-state index in [-0.39, 0.29) is 25.0 Å². The molecule has 0 unspecified atom stereocenters. The van der Waals surface area contributed by atoms with E-state index in [1.807, 2.05) is 65.4 Å². The van der Waals surface area contributed by atoms with E-state index in [0.29, 0.717) is 11.6 Å². The SMILES string of the molecule is CSCc1nc2ccccc2n1CC(=O)OCc1nnc(-c2ccccc2)o1. The molecule has 28 heavy (non-hydrogen) atoms. The standard InChI is InChI=1S/C20H18N4O3S/c1-28-13-17-21-15-9-5-6-10-16(15)24(17)11-19(25)26-12-18-22-23-20(27-18)14-7-3-2-4-8-14/h2-10H,11-13H2,1H3. The maximum atomic E-state index is 12.4. The molecule has 7 nitrogen and oxygen atoms in total. The molecule has 0 amide bonds. The van der Waals surface area contributed by atoms with E-state index in [9.17, 15) is 4.79 Å². The Balaban J connectivity index is 1.43. The van der Waals surface area contributed by atoms with Crippen LogP contribution in [0.5, 0.6) is 0 Å². The third-order valence-corrected chi connectivity index (χ3v) is 4.69. The van der Waals surface area contributed by atoms with Gasteiger partial charge in [-0.25, -0.2) is 4.98 Å². The first-order chi connectivity index (χ1) is 13.7. The number of hydrogen-bond acceptors (Lipinski definition) is 7. The van der Waals surface area contributed by atoms with E-state index in [1.165, 1.54) is 0 Å². The van der Waals surface area contributed by atoms with Crippen molar-refractivity contribution in [2.24, 2.45) is 0 Å². The largest absolute Gasteiger partial charge is 0.454 e. The Morgan fingerprint density at radius 2 is 1.89 bits per heavy atom. The molecule has 2 aromatic carbocycles. The number of ether oxygens (including phenoxy) is 1. The zero-order chi connectivity index (χ0) is 19.3. The van der Waals surface area contributed by atoms with Crippen molar-refractivity contribution in [3.63, 3.8) is 0 Å². The molecule has 8 heteroatoms. The maximum absolute atomic E-state index is 12.4. The van der Waals surface area contributed by atoms with Crippen LogP contribution >= 0.6 is 11.8 Å². The van der Waals surface area contributed by atoms with Gasteiger partial charge in [-0.1, -0.05) is 30.3 Å². The first-order valence-corrected chi connectivity index (χ1v) is 10.1. The summed E-state index contributed by atoms with van der Waals surface area (Å²) in [5.41, 5.74) is 2.59. The van der Waals surface area contributed by atoms with Crippen molar-refractivity contribution in [1.29, 1.82) is 0 Å². The molecule has 0 fully saturated rings. The molecule has 2 heterocycles. The van der Waals surface area contributed by atoms with Crippen LogP contribution in [0.25, 0.3) is 22.5 Å². The van der Waals surface area contributed by atoms with Gasteiger partial charge in [0.15, 0.2) is 6.61 Å². The lowest BCUT2D eigenvalue weighted by Gasteiger charge is -2.08. The number of rotatable bonds is 7. The molecule has 4 aromatic rings. The number of benzene rings is 2. The summed E-state index contributed by atoms with van der Waals surface area (Å²) in [6.07, 6.45) is 2.00. The summed E-state index contributed by atoms with van der Waals surface area (Å²) in [6, 6.07) is 17.2. The van der Waals surface area contributed by atoms with Crippen LogP contribution in [0.15, 0.2) is 59.0 Å². The zero-order valence-electron chi connectivity index (χ0n) is 15.2. The average molecular weight is 394 g/mol. The highest BCUT2D eigenvalue weighted by atomic mass is 32.2. The average Bonchev–Trinajstić information content (AvgIpc) is 3.33. The van der Waals surface area contributed by atoms with Crippen molar-refractivity contribution in [3.8, 4) is 11.5 Å². The summed E-state index contributed by atoms with van der Waals surface area (Å²) in [7, 11) is 0. The monoisotopic (exact) mass is 394 g/mol. The number of hydrogen-bond donors (Lipinski definition) is 0. The minimum atomic E-state index is -0.384. The van der Waals surface area contributed by atoms with Gasteiger partial charge in [0.05, 0.1) is 16.8 Å². The number of aromatic nitrogens is 4. The second-order valence-electron chi connectivity index (χ2n) is 6.06. The van der Waals surface area contributed by atoms with Crippen LogP contribution in [0.4, 0.5) is 0 Å². The number of esters is 1. The summed E-state index contributed by atoms with van der Waals surface area (Å²) < 4.78 is 12.8. The normalized spacial score (nSPS) is 11.0. The van der Waals surface area contributed by atoms with Gasteiger partial charge >= 0.3 is 5.97 Å². The van der Waals surface area contributed by atoms with Crippen molar-refractivity contribution in [1.82, 2.24) is 19.7 Å². The van der Waals surface area contributed by atoms with Crippen molar-refractivity contribution in [3.05, 3.63) is 66.3 Å². The molecule has 0 N–H and O–H groups in total. The summed E-state index contributed by atoms with van der Waals surface area (Å²) in [5.74, 6) is 1.83. The number of para-hydroxylation sites is 2. The predicted molar refractivity (Wildman–Crippen MR) is 106 cm³/mol. The second-order valence-corrected chi connectivity index (χ2v) is 6.93. The van der Waals surface area contributed by atoms with Gasteiger partial charge in [0.2, 0.25) is 5.89 Å². The van der Waals surface area contributed by atoms with Gasteiger partial charge in [-0.3, -0.25) is 4.79 Å². The third kappa shape index (κ3) is 3.91. The first kappa shape index (κ1) is 18.2. The Bertz CT molecular complexity index is 1090. The molecule has 4 rings (SSSR count). The Morgan fingerprint density at radius 1 is 1.11 bits per heavy atom. The highest BCUT2D eigenvalue weighted by Gasteiger charge is 2.15. The van der Waals surface area contributed by atoms with Gasteiger partial charge in [-0.15, -0.1) is 10.2 Å². The smallest absolute Gasteiger partial charge is 0.326 e. The van der Waals surface area contributed by atoms with Gasteiger partial charge in [-0.2, -0.15) is 11.8 Å². The topological polar surface area (TPSA) is 83.0 Å². The van der Waals surface area contributed by atoms with Gasteiger partial charge in [0, 0.05) is 5.56 Å². The molecule has 2 aromatic heterocycles. The van der Waals surface area contributed by atoms with Crippen LogP contribution in [-0.2, 0) is 28.4 Å². The van der Waals surface area contributed by atoms with E-state index < -0.39 is 0 Å². The first-order valence-electron chi connectivity index (χ1n) is 8.71. The number of carbonyl (C=O) groups is 1. The minimum absolute atomic E-state index is 0.0663. The van der Waals surface area contributed by atoms with E-state index in [1.54, 1.807) is 11.8 Å².